The van der Waals surface area contributed by atoms with Crippen molar-refractivity contribution in [2.45, 2.75) is 51.2 Å². The molecule has 0 heterocycles. The molecule has 1 N–H and O–H groups in total. The first-order valence-corrected chi connectivity index (χ1v) is 14.3. The Kier molecular flexibility index (Phi) is 9.49. The number of sulfonamides is 1. The third-order valence-corrected chi connectivity index (χ3v) is 8.11. The molecule has 0 radical (unpaired) electrons. The highest BCUT2D eigenvalue weighted by Gasteiger charge is 2.31. The van der Waals surface area contributed by atoms with Crippen LogP contribution in [0.3, 0.4) is 0 Å². The lowest BCUT2D eigenvalue weighted by molar-refractivity contribution is -0.139. The molecule has 0 spiro atoms. The third kappa shape index (κ3) is 7.27. The molecular weight excluding hydrogens is 525 g/mol. The number of amides is 2. The van der Waals surface area contributed by atoms with Crippen LogP contribution in [-0.2, 0) is 26.2 Å². The van der Waals surface area contributed by atoms with Gasteiger partial charge >= 0.3 is 0 Å². The highest BCUT2D eigenvalue weighted by atomic mass is 35.5. The number of carbonyl (C=O) groups is 2. The van der Waals surface area contributed by atoms with E-state index >= 15 is 0 Å². The Hall–Kier alpha value is -2.49. The van der Waals surface area contributed by atoms with Gasteiger partial charge in [-0.05, 0) is 55.7 Å². The molecule has 1 saturated carbocycles. The van der Waals surface area contributed by atoms with Crippen LogP contribution in [0.25, 0.3) is 0 Å². The standard InChI is InChI=1S/C25H31Cl2N3O5S/c1-17(25(32)28-19-8-4-5-9-19)29(15-18-7-6-10-21(13-18)35-2)24(31)16-30(36(3,33)34)20-11-12-22(26)23(27)14-20/h6-7,10-14,17,19H,4-5,8-9,15-16H2,1-3H3,(H,28,32). The van der Waals surface area contributed by atoms with Crippen molar-refractivity contribution >= 4 is 50.7 Å². The van der Waals surface area contributed by atoms with E-state index in [1.807, 2.05) is 6.07 Å². The molecule has 0 saturated heterocycles. The van der Waals surface area contributed by atoms with Crippen molar-refractivity contribution < 1.29 is 22.7 Å². The number of halogens is 2. The Morgan fingerprint density at radius 1 is 1.11 bits per heavy atom. The van der Waals surface area contributed by atoms with Gasteiger partial charge in [-0.15, -0.1) is 0 Å². The van der Waals surface area contributed by atoms with Gasteiger partial charge in [0.15, 0.2) is 0 Å². The lowest BCUT2D eigenvalue weighted by Gasteiger charge is -2.32. The van der Waals surface area contributed by atoms with Crippen molar-refractivity contribution in [1.29, 1.82) is 0 Å². The molecular formula is C25H31Cl2N3O5S. The van der Waals surface area contributed by atoms with Crippen LogP contribution < -0.4 is 14.4 Å². The van der Waals surface area contributed by atoms with Gasteiger partial charge in [0.1, 0.15) is 18.3 Å². The summed E-state index contributed by atoms with van der Waals surface area (Å²) in [6.45, 7) is 1.22. The van der Waals surface area contributed by atoms with E-state index in [0.717, 1.165) is 41.8 Å². The summed E-state index contributed by atoms with van der Waals surface area (Å²) < 4.78 is 31.5. The number of hydrogen-bond acceptors (Lipinski definition) is 5. The first-order valence-electron chi connectivity index (χ1n) is 11.6. The monoisotopic (exact) mass is 555 g/mol. The Labute approximate surface area is 222 Å². The lowest BCUT2D eigenvalue weighted by atomic mass is 10.1. The number of ether oxygens (including phenoxy) is 1. The largest absolute Gasteiger partial charge is 0.497 e. The van der Waals surface area contributed by atoms with Crippen molar-refractivity contribution in [3.8, 4) is 5.75 Å². The summed E-state index contributed by atoms with van der Waals surface area (Å²) in [4.78, 5) is 28.1. The molecule has 3 rings (SSSR count). The van der Waals surface area contributed by atoms with Gasteiger partial charge in [0.2, 0.25) is 21.8 Å². The summed E-state index contributed by atoms with van der Waals surface area (Å²) in [5.74, 6) is -0.210. The first kappa shape index (κ1) is 28.1. The number of carbonyl (C=O) groups excluding carboxylic acids is 2. The number of rotatable bonds is 10. The molecule has 1 fully saturated rings. The molecule has 0 bridgehead atoms. The van der Waals surface area contributed by atoms with Gasteiger partial charge in [-0.1, -0.05) is 48.2 Å². The first-order chi connectivity index (χ1) is 17.0. The lowest BCUT2D eigenvalue weighted by Crippen LogP contribution is -2.52. The summed E-state index contributed by atoms with van der Waals surface area (Å²) in [6, 6.07) is 10.7. The number of nitrogens with one attached hydrogen (secondary N) is 1. The van der Waals surface area contributed by atoms with Crippen molar-refractivity contribution in [3.05, 3.63) is 58.1 Å². The van der Waals surface area contributed by atoms with Crippen LogP contribution in [0.2, 0.25) is 10.0 Å². The Morgan fingerprint density at radius 2 is 1.81 bits per heavy atom. The molecule has 1 atom stereocenters. The van der Waals surface area contributed by atoms with Crippen LogP contribution in [-0.4, -0.2) is 57.1 Å². The summed E-state index contributed by atoms with van der Waals surface area (Å²) in [5, 5.41) is 3.45. The normalized spacial score (nSPS) is 14.8. The maximum Gasteiger partial charge on any atom is 0.244 e. The molecule has 36 heavy (non-hydrogen) atoms. The van der Waals surface area contributed by atoms with Gasteiger partial charge in [0.05, 0.1) is 29.1 Å². The summed E-state index contributed by atoms with van der Waals surface area (Å²) in [5.41, 5.74) is 0.938. The van der Waals surface area contributed by atoms with Crippen LogP contribution >= 0.6 is 23.2 Å². The quantitative estimate of drug-likeness (QED) is 0.472. The zero-order valence-corrected chi connectivity index (χ0v) is 22.9. The van der Waals surface area contributed by atoms with E-state index in [1.165, 1.54) is 23.1 Å². The second kappa shape index (κ2) is 12.2. The fraction of sp³-hybridized carbons (Fsp3) is 0.440. The molecule has 0 aliphatic heterocycles. The van der Waals surface area contributed by atoms with Gasteiger partial charge in [-0.3, -0.25) is 13.9 Å². The molecule has 1 unspecified atom stereocenters. The van der Waals surface area contributed by atoms with Crippen molar-refractivity contribution in [2.75, 3.05) is 24.2 Å². The summed E-state index contributed by atoms with van der Waals surface area (Å²) in [7, 11) is -2.32. The SMILES string of the molecule is COc1cccc(CN(C(=O)CN(c2ccc(Cl)c(Cl)c2)S(C)(=O)=O)C(C)C(=O)NC2CCCC2)c1. The van der Waals surface area contributed by atoms with E-state index in [0.29, 0.717) is 5.75 Å². The minimum atomic E-state index is -3.86. The second-order valence-electron chi connectivity index (χ2n) is 8.91. The Morgan fingerprint density at radius 3 is 2.42 bits per heavy atom. The molecule has 0 aromatic heterocycles. The molecule has 196 valence electrons. The number of anilines is 1. The van der Waals surface area contributed by atoms with Gasteiger partial charge in [0.25, 0.3) is 0 Å². The number of hydrogen-bond donors (Lipinski definition) is 1. The van der Waals surface area contributed by atoms with Crippen LogP contribution in [0.4, 0.5) is 5.69 Å². The zero-order valence-electron chi connectivity index (χ0n) is 20.5. The highest BCUT2D eigenvalue weighted by molar-refractivity contribution is 7.92. The predicted molar refractivity (Wildman–Crippen MR) is 142 cm³/mol. The minimum absolute atomic E-state index is 0.0810. The molecule has 11 heteroatoms. The molecule has 1 aliphatic carbocycles. The van der Waals surface area contributed by atoms with Gasteiger partial charge in [0, 0.05) is 12.6 Å². The van der Waals surface area contributed by atoms with E-state index in [1.54, 1.807) is 32.2 Å². The molecule has 8 nitrogen and oxygen atoms in total. The van der Waals surface area contributed by atoms with Gasteiger partial charge < -0.3 is 15.0 Å². The molecule has 2 aromatic rings. The molecule has 1 aliphatic rings. The Bertz CT molecular complexity index is 1200. The third-order valence-electron chi connectivity index (χ3n) is 6.23. The van der Waals surface area contributed by atoms with Crippen LogP contribution in [0.5, 0.6) is 5.75 Å². The fourth-order valence-corrected chi connectivity index (χ4v) is 5.33. The minimum Gasteiger partial charge on any atom is -0.497 e. The molecule has 2 amide bonds. The van der Waals surface area contributed by atoms with Crippen molar-refractivity contribution in [3.63, 3.8) is 0 Å². The zero-order chi connectivity index (χ0) is 26.5. The van der Waals surface area contributed by atoms with Crippen LogP contribution in [0, 0.1) is 0 Å². The summed E-state index contributed by atoms with van der Waals surface area (Å²) >= 11 is 12.1. The maximum atomic E-state index is 13.6. The maximum absolute atomic E-state index is 13.6. The van der Waals surface area contributed by atoms with E-state index < -0.39 is 28.5 Å². The Balaban J connectivity index is 1.90. The van der Waals surface area contributed by atoms with E-state index in [4.69, 9.17) is 27.9 Å². The van der Waals surface area contributed by atoms with Crippen LogP contribution in [0.15, 0.2) is 42.5 Å². The number of benzene rings is 2. The second-order valence-corrected chi connectivity index (χ2v) is 11.6. The molecule has 2 aromatic carbocycles. The van der Waals surface area contributed by atoms with E-state index in [-0.39, 0.29) is 34.2 Å². The van der Waals surface area contributed by atoms with Crippen molar-refractivity contribution in [2.24, 2.45) is 0 Å². The van der Waals surface area contributed by atoms with Gasteiger partial charge in [-0.2, -0.15) is 0 Å². The van der Waals surface area contributed by atoms with E-state index in [9.17, 15) is 18.0 Å². The van der Waals surface area contributed by atoms with Crippen molar-refractivity contribution in [1.82, 2.24) is 10.2 Å². The summed E-state index contributed by atoms with van der Waals surface area (Å²) in [6.07, 6.45) is 4.92. The van der Waals surface area contributed by atoms with Crippen LogP contribution in [0.1, 0.15) is 38.2 Å². The number of methoxy groups -OCH3 is 1. The topological polar surface area (TPSA) is 96.0 Å². The number of nitrogens with zero attached hydrogens (tertiary/aromatic N) is 2. The highest BCUT2D eigenvalue weighted by Crippen LogP contribution is 2.29. The predicted octanol–water partition coefficient (Wildman–Crippen LogP) is 4.24. The van der Waals surface area contributed by atoms with Gasteiger partial charge in [-0.25, -0.2) is 8.42 Å². The average molecular weight is 557 g/mol. The fourth-order valence-electron chi connectivity index (χ4n) is 4.20. The smallest absolute Gasteiger partial charge is 0.244 e. The average Bonchev–Trinajstić information content (AvgIpc) is 3.34. The van der Waals surface area contributed by atoms with E-state index in [2.05, 4.69) is 5.32 Å².